The highest BCUT2D eigenvalue weighted by molar-refractivity contribution is 5.95. The number of rotatable bonds is 9. The average molecular weight is 444 g/mol. The molecular weight excluding hydrogens is 414 g/mol. The summed E-state index contributed by atoms with van der Waals surface area (Å²) in [6.07, 6.45) is 2.06. The first-order valence-electron chi connectivity index (χ1n) is 11.0. The molecule has 0 bridgehead atoms. The van der Waals surface area contributed by atoms with Crippen LogP contribution in [-0.2, 0) is 31.4 Å². The number of aldehydes is 1. The predicted octanol–water partition coefficient (Wildman–Crippen LogP) is 3.46. The number of nitrogens with one attached hydrogen (secondary N) is 2. The van der Waals surface area contributed by atoms with E-state index in [2.05, 4.69) is 44.6 Å². The van der Waals surface area contributed by atoms with Gasteiger partial charge < -0.3 is 25.0 Å². The molecule has 4 N–H and O–H groups in total. The van der Waals surface area contributed by atoms with Gasteiger partial charge in [-0.3, -0.25) is 5.41 Å². The molecule has 0 aliphatic rings. The molecule has 0 aliphatic carbocycles. The van der Waals surface area contributed by atoms with E-state index in [9.17, 15) is 4.79 Å². The van der Waals surface area contributed by atoms with E-state index < -0.39 is 0 Å². The highest BCUT2D eigenvalue weighted by Gasteiger charge is 2.13. The zero-order chi connectivity index (χ0) is 23.5. The molecule has 0 fully saturated rings. The van der Waals surface area contributed by atoms with Crippen LogP contribution in [0.15, 0.2) is 42.5 Å². The Morgan fingerprint density at radius 3 is 2.58 bits per heavy atom. The number of hydrogen-bond acceptors (Lipinski definition) is 5. The fourth-order valence-electron chi connectivity index (χ4n) is 4.00. The molecule has 0 atom stereocenters. The molecule has 0 saturated heterocycles. The Balaban J connectivity index is 1.53. The van der Waals surface area contributed by atoms with Gasteiger partial charge in [0.25, 0.3) is 0 Å². The van der Waals surface area contributed by atoms with Gasteiger partial charge in [0.05, 0.1) is 23.3 Å². The second-order valence-corrected chi connectivity index (χ2v) is 8.25. The number of fused-ring (bicyclic) bond motifs is 1. The zero-order valence-electron chi connectivity index (χ0n) is 19.2. The third-order valence-corrected chi connectivity index (χ3v) is 6.05. The average Bonchev–Trinajstić information content (AvgIpc) is 3.26. The van der Waals surface area contributed by atoms with Crippen LogP contribution in [0.3, 0.4) is 0 Å². The molecule has 0 saturated carbocycles. The lowest BCUT2D eigenvalue weighted by molar-refractivity contribution is -0.107. The van der Waals surface area contributed by atoms with Crippen molar-refractivity contribution >= 4 is 28.8 Å². The van der Waals surface area contributed by atoms with Crippen LogP contribution in [0.2, 0.25) is 0 Å². The minimum Gasteiger partial charge on any atom is -0.384 e. The van der Waals surface area contributed by atoms with Gasteiger partial charge in [0.15, 0.2) is 0 Å². The summed E-state index contributed by atoms with van der Waals surface area (Å²) in [6, 6.07) is 13.8. The molecule has 4 aromatic rings. The lowest BCUT2D eigenvalue weighted by Crippen LogP contribution is -2.11. The van der Waals surface area contributed by atoms with E-state index in [-0.39, 0.29) is 5.84 Å². The van der Waals surface area contributed by atoms with Gasteiger partial charge in [-0.15, -0.1) is 0 Å². The van der Waals surface area contributed by atoms with Gasteiger partial charge in [-0.25, -0.2) is 9.97 Å². The van der Waals surface area contributed by atoms with Gasteiger partial charge >= 0.3 is 0 Å². The van der Waals surface area contributed by atoms with Gasteiger partial charge in [-0.05, 0) is 55.8 Å². The first-order valence-corrected chi connectivity index (χ1v) is 11.0. The number of carbonyl (C=O) groups is 1. The standard InChI is InChI=1S/C25H29N7O/c1-16-17(2)32(23(29-16)5-4-12-33)15-18-6-11-22-21(13-18)30-24(31(22)3)14-28-20-9-7-19(8-10-20)25(26)27/h6-13,28H,4-5,14-15H2,1-3H3,(H3,26,27). The molecule has 2 aromatic carbocycles. The molecule has 0 amide bonds. The maximum atomic E-state index is 10.8. The first kappa shape index (κ1) is 22.3. The summed E-state index contributed by atoms with van der Waals surface area (Å²) in [6.45, 7) is 5.35. The number of nitrogens with zero attached hydrogens (tertiary/aromatic N) is 4. The van der Waals surface area contributed by atoms with E-state index in [1.807, 2.05) is 38.2 Å². The first-order chi connectivity index (χ1) is 15.9. The quantitative estimate of drug-likeness (QED) is 0.208. The van der Waals surface area contributed by atoms with Crippen molar-refractivity contribution in [2.45, 2.75) is 39.8 Å². The van der Waals surface area contributed by atoms with E-state index >= 15 is 0 Å². The van der Waals surface area contributed by atoms with Gasteiger partial charge in [-0.1, -0.05) is 6.07 Å². The number of aryl methyl sites for hydroxylation is 3. The van der Waals surface area contributed by atoms with Crippen molar-refractivity contribution in [1.29, 1.82) is 5.41 Å². The van der Waals surface area contributed by atoms with Crippen molar-refractivity contribution in [1.82, 2.24) is 19.1 Å². The number of benzene rings is 2. The second-order valence-electron chi connectivity index (χ2n) is 8.25. The van der Waals surface area contributed by atoms with Crippen LogP contribution in [0.1, 0.15) is 40.6 Å². The van der Waals surface area contributed by atoms with Crippen molar-refractivity contribution in [2.75, 3.05) is 5.32 Å². The second kappa shape index (κ2) is 9.28. The summed E-state index contributed by atoms with van der Waals surface area (Å²) in [7, 11) is 2.02. The molecule has 8 nitrogen and oxygen atoms in total. The monoisotopic (exact) mass is 443 g/mol. The van der Waals surface area contributed by atoms with Gasteiger partial charge in [0.2, 0.25) is 0 Å². The van der Waals surface area contributed by atoms with Crippen LogP contribution in [0.5, 0.6) is 0 Å². The fourth-order valence-corrected chi connectivity index (χ4v) is 4.00. The molecule has 0 unspecified atom stereocenters. The minimum atomic E-state index is 0.0598. The number of amidine groups is 1. The predicted molar refractivity (Wildman–Crippen MR) is 131 cm³/mol. The summed E-state index contributed by atoms with van der Waals surface area (Å²) in [5.74, 6) is 1.93. The van der Waals surface area contributed by atoms with Gasteiger partial charge in [-0.2, -0.15) is 0 Å². The topological polar surface area (TPSA) is 115 Å². The van der Waals surface area contributed by atoms with E-state index in [0.29, 0.717) is 31.5 Å². The summed E-state index contributed by atoms with van der Waals surface area (Å²) in [5.41, 5.74) is 12.5. The molecule has 0 spiro atoms. The fraction of sp³-hybridized carbons (Fsp3) is 0.280. The smallest absolute Gasteiger partial charge is 0.128 e. The van der Waals surface area contributed by atoms with Crippen molar-refractivity contribution in [3.63, 3.8) is 0 Å². The van der Waals surface area contributed by atoms with Crippen LogP contribution >= 0.6 is 0 Å². The number of hydrogen-bond donors (Lipinski definition) is 3. The Morgan fingerprint density at radius 2 is 1.88 bits per heavy atom. The Kier molecular flexibility index (Phi) is 6.26. The number of anilines is 1. The Labute approximate surface area is 193 Å². The molecule has 4 rings (SSSR count). The van der Waals surface area contributed by atoms with Crippen molar-refractivity contribution in [3.8, 4) is 0 Å². The lowest BCUT2D eigenvalue weighted by atomic mass is 10.2. The van der Waals surface area contributed by atoms with Crippen LogP contribution in [0.25, 0.3) is 11.0 Å². The van der Waals surface area contributed by atoms with E-state index in [4.69, 9.17) is 16.1 Å². The maximum absolute atomic E-state index is 10.8. The largest absolute Gasteiger partial charge is 0.384 e. The zero-order valence-corrected chi connectivity index (χ0v) is 19.2. The molecule has 0 aliphatic heterocycles. The van der Waals surface area contributed by atoms with Gasteiger partial charge in [0.1, 0.15) is 23.8 Å². The highest BCUT2D eigenvalue weighted by atomic mass is 16.1. The normalized spacial score (nSPS) is 11.1. The number of nitrogen functional groups attached to an aromatic ring is 1. The Morgan fingerprint density at radius 1 is 1.12 bits per heavy atom. The SMILES string of the molecule is Cc1nc(CCC=O)n(Cc2ccc3c(c2)nc(CNc2ccc(C(=N)N)cc2)n3C)c1C. The lowest BCUT2D eigenvalue weighted by Gasteiger charge is -2.10. The third-order valence-electron chi connectivity index (χ3n) is 6.05. The van der Waals surface area contributed by atoms with E-state index in [0.717, 1.165) is 51.6 Å². The Hall–Kier alpha value is -3.94. The summed E-state index contributed by atoms with van der Waals surface area (Å²) >= 11 is 0. The van der Waals surface area contributed by atoms with E-state index in [1.54, 1.807) is 0 Å². The molecule has 0 radical (unpaired) electrons. The summed E-state index contributed by atoms with van der Waals surface area (Å²) < 4.78 is 4.29. The van der Waals surface area contributed by atoms with Crippen molar-refractivity contribution < 1.29 is 4.79 Å². The minimum absolute atomic E-state index is 0.0598. The maximum Gasteiger partial charge on any atom is 0.128 e. The van der Waals surface area contributed by atoms with Crippen LogP contribution < -0.4 is 11.1 Å². The number of nitrogens with two attached hydrogens (primary N) is 1. The number of aromatic nitrogens is 4. The molecule has 8 heteroatoms. The molecular formula is C25H29N7O. The van der Waals surface area contributed by atoms with Crippen LogP contribution in [-0.4, -0.2) is 31.2 Å². The summed E-state index contributed by atoms with van der Waals surface area (Å²) in [4.78, 5) is 20.3. The van der Waals surface area contributed by atoms with Gasteiger partial charge in [0, 0.05) is 43.4 Å². The number of imidazole rings is 2. The van der Waals surface area contributed by atoms with Crippen molar-refractivity contribution in [3.05, 3.63) is 76.6 Å². The van der Waals surface area contributed by atoms with Crippen LogP contribution in [0, 0.1) is 19.3 Å². The van der Waals surface area contributed by atoms with Crippen LogP contribution in [0.4, 0.5) is 5.69 Å². The number of carbonyl (C=O) groups excluding carboxylic acids is 1. The third kappa shape index (κ3) is 4.64. The molecule has 170 valence electrons. The molecule has 2 heterocycles. The molecule has 33 heavy (non-hydrogen) atoms. The molecule has 2 aromatic heterocycles. The summed E-state index contributed by atoms with van der Waals surface area (Å²) in [5, 5.41) is 10.9. The Bertz CT molecular complexity index is 1320. The highest BCUT2D eigenvalue weighted by Crippen LogP contribution is 2.21. The van der Waals surface area contributed by atoms with E-state index in [1.165, 1.54) is 0 Å². The van der Waals surface area contributed by atoms with Crippen molar-refractivity contribution in [2.24, 2.45) is 12.8 Å².